The summed E-state index contributed by atoms with van der Waals surface area (Å²) in [5, 5.41) is 2.82. The third-order valence-electron chi connectivity index (χ3n) is 2.50. The van der Waals surface area contributed by atoms with Crippen LogP contribution in [0.3, 0.4) is 0 Å². The Morgan fingerprint density at radius 1 is 1.18 bits per heavy atom. The van der Waals surface area contributed by atoms with Crippen LogP contribution in [0, 0.1) is 12.8 Å². The number of nitrogens with one attached hydrogen (secondary N) is 1. The number of hydrogen-bond donors (Lipinski definition) is 1. The standard InChI is InChI=1S/C13H19NO3/c1-8(2)13(15)14-10-7-11(16-4)9(3)6-12(10)17-5/h6-8H,1-5H3,(H,14,15). The zero-order valence-electron chi connectivity index (χ0n) is 11.0. The highest BCUT2D eigenvalue weighted by Gasteiger charge is 2.13. The van der Waals surface area contributed by atoms with Crippen LogP contribution in [0.25, 0.3) is 0 Å². The fraction of sp³-hybridized carbons (Fsp3) is 0.462. The molecule has 4 nitrogen and oxygen atoms in total. The molecule has 1 aromatic rings. The van der Waals surface area contributed by atoms with Crippen molar-refractivity contribution in [2.24, 2.45) is 5.92 Å². The normalized spacial score (nSPS) is 10.2. The molecule has 0 radical (unpaired) electrons. The van der Waals surface area contributed by atoms with E-state index >= 15 is 0 Å². The number of ether oxygens (including phenoxy) is 2. The number of benzene rings is 1. The Bertz CT molecular complexity index is 413. The van der Waals surface area contributed by atoms with Gasteiger partial charge < -0.3 is 14.8 Å². The molecule has 1 N–H and O–H groups in total. The second-order valence-electron chi connectivity index (χ2n) is 4.17. The first kappa shape index (κ1) is 13.4. The van der Waals surface area contributed by atoms with Crippen LogP contribution in [0.1, 0.15) is 19.4 Å². The maximum absolute atomic E-state index is 11.7. The van der Waals surface area contributed by atoms with Gasteiger partial charge in [0.2, 0.25) is 5.91 Å². The topological polar surface area (TPSA) is 47.6 Å². The molecule has 0 spiro atoms. The zero-order valence-corrected chi connectivity index (χ0v) is 11.0. The molecule has 0 aromatic heterocycles. The van der Waals surface area contributed by atoms with Crippen LogP contribution in [0.2, 0.25) is 0 Å². The molecule has 0 bridgehead atoms. The lowest BCUT2D eigenvalue weighted by atomic mass is 10.1. The summed E-state index contributed by atoms with van der Waals surface area (Å²) in [4.78, 5) is 11.7. The van der Waals surface area contributed by atoms with E-state index in [1.807, 2.05) is 26.8 Å². The van der Waals surface area contributed by atoms with Crippen LogP contribution in [0.5, 0.6) is 11.5 Å². The van der Waals surface area contributed by atoms with Crippen molar-refractivity contribution in [3.05, 3.63) is 17.7 Å². The number of carbonyl (C=O) groups is 1. The van der Waals surface area contributed by atoms with Gasteiger partial charge in [-0.05, 0) is 18.6 Å². The average molecular weight is 237 g/mol. The number of aryl methyl sites for hydroxylation is 1. The van der Waals surface area contributed by atoms with E-state index in [0.717, 1.165) is 11.3 Å². The van der Waals surface area contributed by atoms with Gasteiger partial charge in [-0.15, -0.1) is 0 Å². The van der Waals surface area contributed by atoms with E-state index < -0.39 is 0 Å². The monoisotopic (exact) mass is 237 g/mol. The predicted octanol–water partition coefficient (Wildman–Crippen LogP) is 2.61. The van der Waals surface area contributed by atoms with Crippen molar-refractivity contribution in [1.29, 1.82) is 0 Å². The summed E-state index contributed by atoms with van der Waals surface area (Å²) in [6.45, 7) is 5.61. The SMILES string of the molecule is COc1cc(NC(=O)C(C)C)c(OC)cc1C. The highest BCUT2D eigenvalue weighted by atomic mass is 16.5. The molecule has 0 fully saturated rings. The molecule has 0 aliphatic carbocycles. The van der Waals surface area contributed by atoms with Gasteiger partial charge in [0, 0.05) is 12.0 Å². The second kappa shape index (κ2) is 5.57. The Morgan fingerprint density at radius 2 is 1.76 bits per heavy atom. The molecule has 0 unspecified atom stereocenters. The lowest BCUT2D eigenvalue weighted by Gasteiger charge is -2.14. The number of rotatable bonds is 4. The van der Waals surface area contributed by atoms with Crippen LogP contribution in [-0.4, -0.2) is 20.1 Å². The number of methoxy groups -OCH3 is 2. The van der Waals surface area contributed by atoms with E-state index in [2.05, 4.69) is 5.32 Å². The van der Waals surface area contributed by atoms with Gasteiger partial charge in [0.1, 0.15) is 11.5 Å². The highest BCUT2D eigenvalue weighted by Crippen LogP contribution is 2.32. The highest BCUT2D eigenvalue weighted by molar-refractivity contribution is 5.93. The van der Waals surface area contributed by atoms with E-state index in [-0.39, 0.29) is 11.8 Å². The van der Waals surface area contributed by atoms with Crippen molar-refractivity contribution >= 4 is 11.6 Å². The molecule has 1 amide bonds. The number of carbonyl (C=O) groups excluding carboxylic acids is 1. The first-order valence-electron chi connectivity index (χ1n) is 5.53. The fourth-order valence-electron chi connectivity index (χ4n) is 1.43. The lowest BCUT2D eigenvalue weighted by Crippen LogP contribution is -2.18. The molecule has 94 valence electrons. The lowest BCUT2D eigenvalue weighted by molar-refractivity contribution is -0.118. The van der Waals surface area contributed by atoms with Crippen LogP contribution < -0.4 is 14.8 Å². The Morgan fingerprint density at radius 3 is 2.24 bits per heavy atom. The molecule has 0 saturated heterocycles. The number of hydrogen-bond acceptors (Lipinski definition) is 3. The van der Waals surface area contributed by atoms with Gasteiger partial charge in [-0.2, -0.15) is 0 Å². The van der Waals surface area contributed by atoms with Crippen molar-refractivity contribution in [3.63, 3.8) is 0 Å². The molecule has 4 heteroatoms. The van der Waals surface area contributed by atoms with E-state index in [0.29, 0.717) is 11.4 Å². The van der Waals surface area contributed by atoms with E-state index in [1.165, 1.54) is 0 Å². The van der Waals surface area contributed by atoms with E-state index in [4.69, 9.17) is 9.47 Å². The summed E-state index contributed by atoms with van der Waals surface area (Å²) in [6, 6.07) is 3.61. The van der Waals surface area contributed by atoms with Crippen molar-refractivity contribution in [1.82, 2.24) is 0 Å². The molecule has 17 heavy (non-hydrogen) atoms. The van der Waals surface area contributed by atoms with E-state index in [9.17, 15) is 4.79 Å². The molecular weight excluding hydrogens is 218 g/mol. The second-order valence-corrected chi connectivity index (χ2v) is 4.17. The molecule has 0 heterocycles. The van der Waals surface area contributed by atoms with E-state index in [1.54, 1.807) is 20.3 Å². The van der Waals surface area contributed by atoms with Crippen LogP contribution >= 0.6 is 0 Å². The fourth-order valence-corrected chi connectivity index (χ4v) is 1.43. The van der Waals surface area contributed by atoms with Crippen LogP contribution in [0.4, 0.5) is 5.69 Å². The number of amides is 1. The third kappa shape index (κ3) is 3.12. The van der Waals surface area contributed by atoms with Gasteiger partial charge in [0.15, 0.2) is 0 Å². The molecule has 0 aliphatic rings. The van der Waals surface area contributed by atoms with Gasteiger partial charge in [-0.1, -0.05) is 13.8 Å². The summed E-state index contributed by atoms with van der Waals surface area (Å²) in [5.74, 6) is 1.24. The maximum Gasteiger partial charge on any atom is 0.227 e. The Balaban J connectivity index is 3.08. The first-order chi connectivity index (χ1) is 7.99. The number of anilines is 1. The summed E-state index contributed by atoms with van der Waals surface area (Å²) in [7, 11) is 3.18. The minimum Gasteiger partial charge on any atom is -0.496 e. The van der Waals surface area contributed by atoms with Gasteiger partial charge in [-0.3, -0.25) is 4.79 Å². The minimum atomic E-state index is -0.0768. The largest absolute Gasteiger partial charge is 0.496 e. The Labute approximate surface area is 102 Å². The van der Waals surface area contributed by atoms with Gasteiger partial charge in [0.25, 0.3) is 0 Å². The molecule has 0 saturated carbocycles. The quantitative estimate of drug-likeness (QED) is 0.875. The average Bonchev–Trinajstić information content (AvgIpc) is 2.30. The van der Waals surface area contributed by atoms with Gasteiger partial charge >= 0.3 is 0 Å². The summed E-state index contributed by atoms with van der Waals surface area (Å²) in [5.41, 5.74) is 1.60. The zero-order chi connectivity index (χ0) is 13.0. The van der Waals surface area contributed by atoms with Gasteiger partial charge in [-0.25, -0.2) is 0 Å². The Kier molecular flexibility index (Phi) is 4.37. The molecule has 1 rings (SSSR count). The molecule has 0 aliphatic heterocycles. The summed E-state index contributed by atoms with van der Waals surface area (Å²) >= 11 is 0. The molecule has 0 atom stereocenters. The van der Waals surface area contributed by atoms with Crippen molar-refractivity contribution < 1.29 is 14.3 Å². The van der Waals surface area contributed by atoms with Crippen molar-refractivity contribution in [3.8, 4) is 11.5 Å². The van der Waals surface area contributed by atoms with Crippen molar-refractivity contribution in [2.75, 3.05) is 19.5 Å². The van der Waals surface area contributed by atoms with Crippen LogP contribution in [-0.2, 0) is 4.79 Å². The predicted molar refractivity (Wildman–Crippen MR) is 67.8 cm³/mol. The third-order valence-corrected chi connectivity index (χ3v) is 2.50. The van der Waals surface area contributed by atoms with Gasteiger partial charge in [0.05, 0.1) is 19.9 Å². The smallest absolute Gasteiger partial charge is 0.227 e. The maximum atomic E-state index is 11.7. The Hall–Kier alpha value is -1.71. The minimum absolute atomic E-state index is 0.0470. The molecule has 1 aromatic carbocycles. The van der Waals surface area contributed by atoms with Crippen molar-refractivity contribution in [2.45, 2.75) is 20.8 Å². The first-order valence-corrected chi connectivity index (χ1v) is 5.53. The molecular formula is C13H19NO3. The van der Waals surface area contributed by atoms with Crippen LogP contribution in [0.15, 0.2) is 12.1 Å². The summed E-state index contributed by atoms with van der Waals surface area (Å²) in [6.07, 6.45) is 0. The summed E-state index contributed by atoms with van der Waals surface area (Å²) < 4.78 is 10.5.